The number of carbonyl (C=O) groups is 2. The standard InChI is InChI=1S/C18H18Cl2N2O2/c1-11(2)10-21-17(23)12-5-3-6-13(9-12)18(24)22-16-14(19)7-4-8-15(16)20/h3-9,11H,10H2,1-2H3,(H,21,23)(H,22,24). The molecule has 0 aliphatic rings. The van der Waals surface area contributed by atoms with E-state index < -0.39 is 0 Å². The van der Waals surface area contributed by atoms with Gasteiger partial charge in [-0.25, -0.2) is 0 Å². The SMILES string of the molecule is CC(C)CNC(=O)c1cccc(C(=O)Nc2c(Cl)cccc2Cl)c1. The molecule has 0 saturated carbocycles. The topological polar surface area (TPSA) is 58.2 Å². The fraction of sp³-hybridized carbons (Fsp3) is 0.222. The second-order valence-corrected chi connectivity index (χ2v) is 6.55. The molecule has 0 aromatic heterocycles. The fourth-order valence-electron chi connectivity index (χ4n) is 2.00. The first-order valence-corrected chi connectivity index (χ1v) is 8.27. The van der Waals surface area contributed by atoms with E-state index in [0.29, 0.717) is 39.3 Å². The van der Waals surface area contributed by atoms with E-state index in [1.807, 2.05) is 13.8 Å². The summed E-state index contributed by atoms with van der Waals surface area (Å²) < 4.78 is 0. The van der Waals surface area contributed by atoms with Gasteiger partial charge in [0.1, 0.15) is 0 Å². The van der Waals surface area contributed by atoms with E-state index in [2.05, 4.69) is 10.6 Å². The van der Waals surface area contributed by atoms with Crippen LogP contribution < -0.4 is 10.6 Å². The minimum Gasteiger partial charge on any atom is -0.352 e. The van der Waals surface area contributed by atoms with Crippen molar-refractivity contribution in [3.8, 4) is 0 Å². The summed E-state index contributed by atoms with van der Waals surface area (Å²) in [5, 5.41) is 6.19. The largest absolute Gasteiger partial charge is 0.352 e. The highest BCUT2D eigenvalue weighted by Crippen LogP contribution is 2.30. The number of anilines is 1. The maximum Gasteiger partial charge on any atom is 0.255 e. The van der Waals surface area contributed by atoms with Gasteiger partial charge in [0, 0.05) is 17.7 Å². The highest BCUT2D eigenvalue weighted by atomic mass is 35.5. The molecule has 0 aliphatic carbocycles. The number of carbonyl (C=O) groups excluding carboxylic acids is 2. The van der Waals surface area contributed by atoms with Gasteiger partial charge in [-0.15, -0.1) is 0 Å². The predicted octanol–water partition coefficient (Wildman–Crippen LogP) is 4.63. The summed E-state index contributed by atoms with van der Waals surface area (Å²) in [5.74, 6) is -0.250. The Balaban J connectivity index is 2.16. The van der Waals surface area contributed by atoms with Crippen LogP contribution in [0.1, 0.15) is 34.6 Å². The average Bonchev–Trinajstić information content (AvgIpc) is 2.56. The Kier molecular flexibility index (Phi) is 6.23. The maximum absolute atomic E-state index is 12.4. The second kappa shape index (κ2) is 8.18. The minimum absolute atomic E-state index is 0.214. The lowest BCUT2D eigenvalue weighted by molar-refractivity contribution is 0.0949. The second-order valence-electron chi connectivity index (χ2n) is 5.74. The zero-order chi connectivity index (χ0) is 17.7. The van der Waals surface area contributed by atoms with Crippen molar-refractivity contribution in [3.05, 3.63) is 63.6 Å². The molecule has 0 aliphatic heterocycles. The van der Waals surface area contributed by atoms with Crippen molar-refractivity contribution in [1.29, 1.82) is 0 Å². The fourth-order valence-corrected chi connectivity index (χ4v) is 2.50. The third-order valence-corrected chi connectivity index (χ3v) is 3.89. The molecule has 0 fully saturated rings. The lowest BCUT2D eigenvalue weighted by Gasteiger charge is -2.11. The number of hydrogen-bond donors (Lipinski definition) is 2. The third kappa shape index (κ3) is 4.73. The van der Waals surface area contributed by atoms with Gasteiger partial charge in [-0.3, -0.25) is 9.59 Å². The zero-order valence-corrected chi connectivity index (χ0v) is 14.9. The van der Waals surface area contributed by atoms with Gasteiger partial charge in [-0.05, 0) is 36.2 Å². The van der Waals surface area contributed by atoms with Gasteiger partial charge in [0.05, 0.1) is 15.7 Å². The van der Waals surface area contributed by atoms with Crippen molar-refractivity contribution >= 4 is 40.7 Å². The van der Waals surface area contributed by atoms with Crippen molar-refractivity contribution in [2.45, 2.75) is 13.8 Å². The van der Waals surface area contributed by atoms with Crippen LogP contribution in [0.15, 0.2) is 42.5 Å². The van der Waals surface area contributed by atoms with Crippen LogP contribution in [0.5, 0.6) is 0 Å². The van der Waals surface area contributed by atoms with E-state index >= 15 is 0 Å². The Labute approximate surface area is 151 Å². The van der Waals surface area contributed by atoms with Gasteiger partial charge in [-0.2, -0.15) is 0 Å². The highest BCUT2D eigenvalue weighted by Gasteiger charge is 2.13. The van der Waals surface area contributed by atoms with E-state index in [9.17, 15) is 9.59 Å². The van der Waals surface area contributed by atoms with Crippen LogP contribution in [0.3, 0.4) is 0 Å². The lowest BCUT2D eigenvalue weighted by atomic mass is 10.1. The molecule has 0 unspecified atom stereocenters. The van der Waals surface area contributed by atoms with E-state index in [0.717, 1.165) is 0 Å². The van der Waals surface area contributed by atoms with Crippen molar-refractivity contribution in [3.63, 3.8) is 0 Å². The minimum atomic E-state index is -0.386. The molecule has 2 aromatic rings. The Hall–Kier alpha value is -2.04. The van der Waals surface area contributed by atoms with E-state index in [4.69, 9.17) is 23.2 Å². The van der Waals surface area contributed by atoms with Gasteiger partial charge in [0.25, 0.3) is 11.8 Å². The molecule has 2 amide bonds. The molecule has 0 saturated heterocycles. The van der Waals surface area contributed by atoms with Crippen LogP contribution in [0.4, 0.5) is 5.69 Å². The van der Waals surface area contributed by atoms with Crippen LogP contribution in [-0.2, 0) is 0 Å². The average molecular weight is 365 g/mol. The van der Waals surface area contributed by atoms with Gasteiger partial charge in [-0.1, -0.05) is 49.2 Å². The Bertz CT molecular complexity index is 740. The third-order valence-electron chi connectivity index (χ3n) is 3.26. The number of amides is 2. The number of hydrogen-bond acceptors (Lipinski definition) is 2. The van der Waals surface area contributed by atoms with Crippen LogP contribution in [0.25, 0.3) is 0 Å². The molecule has 6 heteroatoms. The molecule has 0 radical (unpaired) electrons. The normalized spacial score (nSPS) is 10.5. The first-order valence-electron chi connectivity index (χ1n) is 7.52. The van der Waals surface area contributed by atoms with Gasteiger partial charge >= 0.3 is 0 Å². The zero-order valence-electron chi connectivity index (χ0n) is 13.4. The van der Waals surface area contributed by atoms with Crippen LogP contribution >= 0.6 is 23.2 Å². The summed E-state index contributed by atoms with van der Waals surface area (Å²) in [6, 6.07) is 11.5. The molecule has 24 heavy (non-hydrogen) atoms. The predicted molar refractivity (Wildman–Crippen MR) is 98.0 cm³/mol. The molecule has 2 rings (SSSR count). The highest BCUT2D eigenvalue weighted by molar-refractivity contribution is 6.40. The van der Waals surface area contributed by atoms with E-state index in [-0.39, 0.29) is 11.8 Å². The summed E-state index contributed by atoms with van der Waals surface area (Å²) in [6.45, 7) is 4.60. The molecule has 0 heterocycles. The molecule has 4 nitrogen and oxygen atoms in total. The molecule has 2 N–H and O–H groups in total. The summed E-state index contributed by atoms with van der Waals surface area (Å²) in [5.41, 5.74) is 1.12. The van der Waals surface area contributed by atoms with Crippen molar-refractivity contribution in [2.75, 3.05) is 11.9 Å². The Morgan fingerprint density at radius 2 is 1.50 bits per heavy atom. The van der Waals surface area contributed by atoms with Crippen molar-refractivity contribution in [2.24, 2.45) is 5.92 Å². The van der Waals surface area contributed by atoms with Crippen molar-refractivity contribution < 1.29 is 9.59 Å². The van der Waals surface area contributed by atoms with Crippen LogP contribution in [0.2, 0.25) is 10.0 Å². The van der Waals surface area contributed by atoms with Gasteiger partial charge < -0.3 is 10.6 Å². The Morgan fingerprint density at radius 1 is 0.958 bits per heavy atom. The quantitative estimate of drug-likeness (QED) is 0.812. The summed E-state index contributed by atoms with van der Waals surface area (Å²) in [6.07, 6.45) is 0. The molecule has 126 valence electrons. The van der Waals surface area contributed by atoms with Crippen molar-refractivity contribution in [1.82, 2.24) is 5.32 Å². The van der Waals surface area contributed by atoms with Gasteiger partial charge in [0.2, 0.25) is 0 Å². The first kappa shape index (κ1) is 18.3. The lowest BCUT2D eigenvalue weighted by Crippen LogP contribution is -2.27. The molecule has 0 bridgehead atoms. The molecular formula is C18H18Cl2N2O2. The van der Waals surface area contributed by atoms with Crippen LogP contribution in [0, 0.1) is 5.92 Å². The maximum atomic E-state index is 12.4. The number of rotatable bonds is 5. The van der Waals surface area contributed by atoms with Crippen LogP contribution in [-0.4, -0.2) is 18.4 Å². The number of benzene rings is 2. The molecule has 0 spiro atoms. The Morgan fingerprint density at radius 3 is 2.08 bits per heavy atom. The monoisotopic (exact) mass is 364 g/mol. The molecular weight excluding hydrogens is 347 g/mol. The first-order chi connectivity index (χ1) is 11.4. The smallest absolute Gasteiger partial charge is 0.255 e. The molecule has 2 aromatic carbocycles. The number of para-hydroxylation sites is 1. The summed E-state index contributed by atoms with van der Waals surface area (Å²) >= 11 is 12.1. The summed E-state index contributed by atoms with van der Waals surface area (Å²) in [4.78, 5) is 24.5. The van der Waals surface area contributed by atoms with Gasteiger partial charge in [0.15, 0.2) is 0 Å². The molecule has 0 atom stereocenters. The summed E-state index contributed by atoms with van der Waals surface area (Å²) in [7, 11) is 0. The number of halogens is 2. The van der Waals surface area contributed by atoms with E-state index in [1.54, 1.807) is 36.4 Å². The number of nitrogens with one attached hydrogen (secondary N) is 2. The van der Waals surface area contributed by atoms with E-state index in [1.165, 1.54) is 6.07 Å².